The number of carbonyl (C=O) groups is 1. The number of nitrogens with zero attached hydrogens (tertiary/aromatic N) is 1. The summed E-state index contributed by atoms with van der Waals surface area (Å²) in [6, 6.07) is 9.90. The second kappa shape index (κ2) is 8.09. The third kappa shape index (κ3) is 4.66. The summed E-state index contributed by atoms with van der Waals surface area (Å²) in [5.41, 5.74) is 0.513. The van der Waals surface area contributed by atoms with Crippen molar-refractivity contribution in [3.8, 4) is 0 Å². The molecule has 1 aliphatic heterocycles. The minimum Gasteiger partial charge on any atom is -0.337 e. The maximum absolute atomic E-state index is 12.5. The zero-order chi connectivity index (χ0) is 17.7. The molecule has 0 radical (unpaired) electrons. The van der Waals surface area contributed by atoms with E-state index in [2.05, 4.69) is 10.0 Å². The van der Waals surface area contributed by atoms with E-state index in [-0.39, 0.29) is 17.3 Å². The first-order valence-electron chi connectivity index (χ1n) is 8.18. The average molecular weight is 380 g/mol. The molecule has 0 unspecified atom stereocenters. The van der Waals surface area contributed by atoms with Gasteiger partial charge in [-0.3, -0.25) is 4.79 Å². The number of nitrogens with one attached hydrogen (secondary N) is 2. The number of carbonyl (C=O) groups excluding carboxylic acids is 1. The van der Waals surface area contributed by atoms with Gasteiger partial charge in [-0.25, -0.2) is 13.1 Å². The molecule has 1 aliphatic rings. The lowest BCUT2D eigenvalue weighted by molar-refractivity contribution is 0.0766. The minimum atomic E-state index is -3.59. The number of hydrogen-bond acceptors (Lipinski definition) is 5. The molecule has 0 saturated carbocycles. The zero-order valence-corrected chi connectivity index (χ0v) is 15.4. The molecular formula is C17H21N3O3S2. The molecular weight excluding hydrogens is 358 g/mol. The van der Waals surface area contributed by atoms with E-state index in [1.807, 2.05) is 17.5 Å². The summed E-state index contributed by atoms with van der Waals surface area (Å²) >= 11 is 1.50. The quantitative estimate of drug-likeness (QED) is 0.828. The molecule has 0 spiro atoms. The van der Waals surface area contributed by atoms with Crippen molar-refractivity contribution in [3.05, 3.63) is 52.2 Å². The molecule has 134 valence electrons. The molecule has 0 atom stereocenters. The van der Waals surface area contributed by atoms with Crippen LogP contribution in [0.3, 0.4) is 0 Å². The van der Waals surface area contributed by atoms with Gasteiger partial charge in [-0.2, -0.15) is 0 Å². The van der Waals surface area contributed by atoms with Crippen LogP contribution in [0.25, 0.3) is 0 Å². The van der Waals surface area contributed by atoms with Crippen LogP contribution >= 0.6 is 11.3 Å². The van der Waals surface area contributed by atoms with Crippen LogP contribution in [0, 0.1) is 0 Å². The Bertz CT molecular complexity index is 794. The Labute approximate surface area is 151 Å². The van der Waals surface area contributed by atoms with Gasteiger partial charge in [-0.05, 0) is 48.7 Å². The van der Waals surface area contributed by atoms with Gasteiger partial charge in [0.05, 0.1) is 4.90 Å². The molecule has 6 nitrogen and oxygen atoms in total. The Morgan fingerprint density at radius 2 is 1.96 bits per heavy atom. The first-order valence-corrected chi connectivity index (χ1v) is 10.5. The number of amides is 1. The van der Waals surface area contributed by atoms with Crippen molar-refractivity contribution in [2.24, 2.45) is 0 Å². The lowest BCUT2D eigenvalue weighted by atomic mass is 10.2. The fourth-order valence-electron chi connectivity index (χ4n) is 2.67. The summed E-state index contributed by atoms with van der Waals surface area (Å²) in [6.45, 7) is 3.35. The molecule has 1 saturated heterocycles. The van der Waals surface area contributed by atoms with Crippen LogP contribution in [-0.2, 0) is 16.6 Å². The van der Waals surface area contributed by atoms with E-state index in [1.165, 1.54) is 23.5 Å². The van der Waals surface area contributed by atoms with Gasteiger partial charge in [-0.15, -0.1) is 11.3 Å². The van der Waals surface area contributed by atoms with Crippen molar-refractivity contribution in [3.63, 3.8) is 0 Å². The van der Waals surface area contributed by atoms with Gasteiger partial charge in [0.15, 0.2) is 0 Å². The molecule has 3 rings (SSSR count). The predicted octanol–water partition coefficient (Wildman–Crippen LogP) is 1.66. The Hall–Kier alpha value is -1.74. The van der Waals surface area contributed by atoms with Crippen LogP contribution in [0.1, 0.15) is 21.7 Å². The Morgan fingerprint density at radius 3 is 2.68 bits per heavy atom. The van der Waals surface area contributed by atoms with Gasteiger partial charge in [0.25, 0.3) is 5.91 Å². The van der Waals surface area contributed by atoms with Crippen molar-refractivity contribution in [2.75, 3.05) is 26.2 Å². The highest BCUT2D eigenvalue weighted by Crippen LogP contribution is 2.15. The predicted molar refractivity (Wildman–Crippen MR) is 98.2 cm³/mol. The fourth-order valence-corrected chi connectivity index (χ4v) is 4.41. The van der Waals surface area contributed by atoms with E-state index < -0.39 is 10.0 Å². The summed E-state index contributed by atoms with van der Waals surface area (Å²) < 4.78 is 27.3. The van der Waals surface area contributed by atoms with Crippen LogP contribution in [-0.4, -0.2) is 45.4 Å². The number of sulfonamides is 1. The first kappa shape index (κ1) is 18.1. The first-order chi connectivity index (χ1) is 12.1. The molecule has 2 N–H and O–H groups in total. The lowest BCUT2D eigenvalue weighted by Crippen LogP contribution is -2.34. The Kier molecular flexibility index (Phi) is 5.85. The highest BCUT2D eigenvalue weighted by molar-refractivity contribution is 7.89. The molecule has 0 aliphatic carbocycles. The van der Waals surface area contributed by atoms with Gasteiger partial charge < -0.3 is 10.2 Å². The van der Waals surface area contributed by atoms with Gasteiger partial charge in [0, 0.05) is 36.6 Å². The van der Waals surface area contributed by atoms with Crippen molar-refractivity contribution in [2.45, 2.75) is 17.9 Å². The van der Waals surface area contributed by atoms with Crippen LogP contribution in [0.5, 0.6) is 0 Å². The Morgan fingerprint density at radius 1 is 1.16 bits per heavy atom. The number of rotatable bonds is 5. The fraction of sp³-hybridized carbons (Fsp3) is 0.353. The van der Waals surface area contributed by atoms with Gasteiger partial charge in [0.1, 0.15) is 0 Å². The van der Waals surface area contributed by atoms with Gasteiger partial charge in [0.2, 0.25) is 10.0 Å². The van der Waals surface area contributed by atoms with Crippen LogP contribution < -0.4 is 10.0 Å². The summed E-state index contributed by atoms with van der Waals surface area (Å²) in [6.07, 6.45) is 0.921. The third-order valence-electron chi connectivity index (χ3n) is 4.06. The van der Waals surface area contributed by atoms with Crippen LogP contribution in [0.15, 0.2) is 46.7 Å². The van der Waals surface area contributed by atoms with E-state index in [4.69, 9.17) is 0 Å². The molecule has 2 heterocycles. The second-order valence-corrected chi connectivity index (χ2v) is 8.62. The maximum Gasteiger partial charge on any atom is 0.253 e. The number of benzene rings is 1. The summed E-state index contributed by atoms with van der Waals surface area (Å²) in [5.74, 6) is -0.0563. The van der Waals surface area contributed by atoms with Crippen molar-refractivity contribution >= 4 is 27.3 Å². The minimum absolute atomic E-state index is 0.0563. The normalized spacial score (nSPS) is 15.8. The highest BCUT2D eigenvalue weighted by Gasteiger charge is 2.19. The molecule has 1 fully saturated rings. The molecule has 2 aromatic rings. The third-order valence-corrected chi connectivity index (χ3v) is 6.35. The molecule has 0 bridgehead atoms. The van der Waals surface area contributed by atoms with E-state index in [0.29, 0.717) is 18.7 Å². The zero-order valence-electron chi connectivity index (χ0n) is 13.8. The summed E-state index contributed by atoms with van der Waals surface area (Å²) in [4.78, 5) is 15.4. The lowest BCUT2D eigenvalue weighted by Gasteiger charge is -2.20. The van der Waals surface area contributed by atoms with E-state index in [9.17, 15) is 13.2 Å². The standard InChI is InChI=1S/C17H21N3O3S2/c21-17(20-10-2-8-18-9-11-20)14-4-6-16(7-5-14)25(22,23)19-13-15-3-1-12-24-15/h1,3-7,12,18-19H,2,8-11,13H2. The van der Waals surface area contributed by atoms with E-state index >= 15 is 0 Å². The van der Waals surface area contributed by atoms with E-state index in [1.54, 1.807) is 17.0 Å². The van der Waals surface area contributed by atoms with Crippen molar-refractivity contribution in [1.29, 1.82) is 0 Å². The molecule has 1 aromatic heterocycles. The van der Waals surface area contributed by atoms with Gasteiger partial charge in [-0.1, -0.05) is 6.07 Å². The Balaban J connectivity index is 1.67. The van der Waals surface area contributed by atoms with Gasteiger partial charge >= 0.3 is 0 Å². The highest BCUT2D eigenvalue weighted by atomic mass is 32.2. The van der Waals surface area contributed by atoms with Crippen LogP contribution in [0.4, 0.5) is 0 Å². The number of hydrogen-bond donors (Lipinski definition) is 2. The maximum atomic E-state index is 12.5. The number of thiophene rings is 1. The molecule has 8 heteroatoms. The molecule has 25 heavy (non-hydrogen) atoms. The van der Waals surface area contributed by atoms with Crippen LogP contribution in [0.2, 0.25) is 0 Å². The molecule has 1 amide bonds. The van der Waals surface area contributed by atoms with Crippen molar-refractivity contribution < 1.29 is 13.2 Å². The van der Waals surface area contributed by atoms with Crippen molar-refractivity contribution in [1.82, 2.24) is 14.9 Å². The SMILES string of the molecule is O=C(c1ccc(S(=O)(=O)NCc2cccs2)cc1)N1CCCNCC1. The largest absolute Gasteiger partial charge is 0.337 e. The average Bonchev–Trinajstić information content (AvgIpc) is 3.00. The molecule has 1 aromatic carbocycles. The topological polar surface area (TPSA) is 78.5 Å². The van der Waals surface area contributed by atoms with E-state index in [0.717, 1.165) is 24.4 Å². The monoisotopic (exact) mass is 379 g/mol. The second-order valence-electron chi connectivity index (χ2n) is 5.82. The summed E-state index contributed by atoms with van der Waals surface area (Å²) in [7, 11) is -3.59. The summed E-state index contributed by atoms with van der Waals surface area (Å²) in [5, 5.41) is 5.16. The smallest absolute Gasteiger partial charge is 0.253 e.